The molecule has 0 spiro atoms. The molecule has 0 aliphatic carbocycles. The lowest BCUT2D eigenvalue weighted by molar-refractivity contribution is -0.118. The Morgan fingerprint density at radius 3 is 2.54 bits per heavy atom. The lowest BCUT2D eigenvalue weighted by Gasteiger charge is -2.07. The fourth-order valence-electron chi connectivity index (χ4n) is 2.67. The summed E-state index contributed by atoms with van der Waals surface area (Å²) >= 11 is 1.22. The number of aryl methyl sites for hydroxylation is 1. The van der Waals surface area contributed by atoms with Gasteiger partial charge in [-0.15, -0.1) is 5.10 Å². The molecule has 1 heterocycles. The van der Waals surface area contributed by atoms with Crippen LogP contribution in [0, 0.1) is 5.82 Å². The van der Waals surface area contributed by atoms with Gasteiger partial charge in [-0.1, -0.05) is 54.2 Å². The minimum atomic E-state index is -0.282. The van der Waals surface area contributed by atoms with Gasteiger partial charge >= 0.3 is 5.69 Å². The average Bonchev–Trinajstić information content (AvgIpc) is 3.06. The number of nitrogens with one attached hydrogen (secondary N) is 2. The first-order valence-corrected chi connectivity index (χ1v) is 9.93. The second-order valence-corrected chi connectivity index (χ2v) is 7.16. The summed E-state index contributed by atoms with van der Waals surface area (Å²) in [4.78, 5) is 24.0. The van der Waals surface area contributed by atoms with Gasteiger partial charge in [-0.3, -0.25) is 9.36 Å². The van der Waals surface area contributed by atoms with Crippen LogP contribution >= 0.6 is 11.8 Å². The van der Waals surface area contributed by atoms with Crippen molar-refractivity contribution in [1.82, 2.24) is 20.1 Å². The number of amides is 1. The van der Waals surface area contributed by atoms with E-state index in [1.165, 1.54) is 23.9 Å². The normalized spacial score (nSPS) is 10.8. The molecule has 3 rings (SSSR count). The number of hydrogen-bond donors (Lipinski definition) is 2. The third-order valence-corrected chi connectivity index (χ3v) is 5.15. The van der Waals surface area contributed by atoms with Gasteiger partial charge in [0.15, 0.2) is 5.16 Å². The minimum absolute atomic E-state index is 0.142. The van der Waals surface area contributed by atoms with E-state index in [9.17, 15) is 14.0 Å². The number of benzene rings is 2. The molecule has 1 amide bonds. The van der Waals surface area contributed by atoms with Gasteiger partial charge in [-0.05, 0) is 36.1 Å². The van der Waals surface area contributed by atoms with Crippen LogP contribution in [0.4, 0.5) is 4.39 Å². The molecule has 0 aliphatic heterocycles. The van der Waals surface area contributed by atoms with E-state index in [0.29, 0.717) is 31.1 Å². The number of carbonyl (C=O) groups excluding carboxylic acids is 1. The van der Waals surface area contributed by atoms with Crippen molar-refractivity contribution in [1.29, 1.82) is 0 Å². The monoisotopic (exact) mass is 400 g/mol. The molecule has 3 aromatic rings. The Labute approximate surface area is 166 Å². The zero-order chi connectivity index (χ0) is 19.8. The van der Waals surface area contributed by atoms with Gasteiger partial charge in [0.1, 0.15) is 5.82 Å². The van der Waals surface area contributed by atoms with Crippen LogP contribution in [0.25, 0.3) is 0 Å². The van der Waals surface area contributed by atoms with Crippen molar-refractivity contribution in [3.63, 3.8) is 0 Å². The van der Waals surface area contributed by atoms with Crippen molar-refractivity contribution < 1.29 is 9.18 Å². The van der Waals surface area contributed by atoms with Crippen molar-refractivity contribution in [3.8, 4) is 0 Å². The molecule has 0 saturated carbocycles. The molecule has 0 saturated heterocycles. The minimum Gasteiger partial charge on any atom is -0.355 e. The van der Waals surface area contributed by atoms with Crippen molar-refractivity contribution in [2.24, 2.45) is 0 Å². The molecule has 6 nitrogen and oxygen atoms in total. The molecule has 2 aromatic carbocycles. The highest BCUT2D eigenvalue weighted by molar-refractivity contribution is 7.99. The Morgan fingerprint density at radius 2 is 1.79 bits per heavy atom. The van der Waals surface area contributed by atoms with Crippen LogP contribution in [-0.4, -0.2) is 33.0 Å². The molecular weight excluding hydrogens is 379 g/mol. The quantitative estimate of drug-likeness (QED) is 0.541. The number of hydrogen-bond acceptors (Lipinski definition) is 4. The number of aromatic nitrogens is 3. The molecule has 0 bridgehead atoms. The fourth-order valence-corrected chi connectivity index (χ4v) is 3.48. The van der Waals surface area contributed by atoms with Crippen LogP contribution in [0.1, 0.15) is 11.1 Å². The zero-order valence-corrected chi connectivity index (χ0v) is 16.0. The SMILES string of the molecule is O=C(CSc1n[nH]c(=O)n1CCc1ccccc1)NCCc1ccc(F)cc1. The first-order chi connectivity index (χ1) is 13.6. The Morgan fingerprint density at radius 1 is 1.07 bits per heavy atom. The van der Waals surface area contributed by atoms with Gasteiger partial charge < -0.3 is 5.32 Å². The van der Waals surface area contributed by atoms with E-state index in [1.54, 1.807) is 16.7 Å². The molecule has 8 heteroatoms. The maximum atomic E-state index is 12.9. The van der Waals surface area contributed by atoms with Crippen molar-refractivity contribution in [2.75, 3.05) is 12.3 Å². The summed E-state index contributed by atoms with van der Waals surface area (Å²) in [5, 5.41) is 9.77. The summed E-state index contributed by atoms with van der Waals surface area (Å²) in [5.41, 5.74) is 1.80. The highest BCUT2D eigenvalue weighted by Crippen LogP contribution is 2.13. The molecule has 0 fully saturated rings. The first kappa shape index (κ1) is 19.9. The van der Waals surface area contributed by atoms with E-state index >= 15 is 0 Å². The molecule has 146 valence electrons. The Balaban J connectivity index is 1.45. The lowest BCUT2D eigenvalue weighted by atomic mass is 10.1. The number of rotatable bonds is 9. The van der Waals surface area contributed by atoms with E-state index < -0.39 is 0 Å². The standard InChI is InChI=1S/C20H21FN4O2S/c21-17-8-6-16(7-9-17)10-12-22-18(26)14-28-20-24-23-19(27)25(20)13-11-15-4-2-1-3-5-15/h1-9H,10-14H2,(H,22,26)(H,23,27). The fraction of sp³-hybridized carbons (Fsp3) is 0.250. The largest absolute Gasteiger partial charge is 0.355 e. The van der Waals surface area contributed by atoms with Crippen LogP contribution < -0.4 is 11.0 Å². The molecule has 0 unspecified atom stereocenters. The summed E-state index contributed by atoms with van der Waals surface area (Å²) in [6, 6.07) is 16.1. The van der Waals surface area contributed by atoms with Crippen LogP contribution in [0.5, 0.6) is 0 Å². The third-order valence-electron chi connectivity index (χ3n) is 4.17. The molecule has 0 radical (unpaired) electrons. The summed E-state index contributed by atoms with van der Waals surface area (Å²) in [5.74, 6) is -0.252. The molecule has 1 aromatic heterocycles. The van der Waals surface area contributed by atoms with Crippen LogP contribution in [0.15, 0.2) is 64.5 Å². The average molecular weight is 400 g/mol. The Kier molecular flexibility index (Phi) is 7.02. The topological polar surface area (TPSA) is 79.8 Å². The van der Waals surface area contributed by atoms with E-state index in [4.69, 9.17) is 0 Å². The van der Waals surface area contributed by atoms with Gasteiger partial charge in [0.2, 0.25) is 5.91 Å². The molecule has 28 heavy (non-hydrogen) atoms. The van der Waals surface area contributed by atoms with Crippen LogP contribution in [-0.2, 0) is 24.2 Å². The first-order valence-electron chi connectivity index (χ1n) is 8.95. The van der Waals surface area contributed by atoms with Gasteiger partial charge in [-0.2, -0.15) is 0 Å². The summed E-state index contributed by atoms with van der Waals surface area (Å²) in [7, 11) is 0. The van der Waals surface area contributed by atoms with E-state index in [-0.39, 0.29) is 23.2 Å². The maximum Gasteiger partial charge on any atom is 0.343 e. The number of halogens is 1. The zero-order valence-electron chi connectivity index (χ0n) is 15.2. The lowest BCUT2D eigenvalue weighted by Crippen LogP contribution is -2.27. The predicted molar refractivity (Wildman–Crippen MR) is 107 cm³/mol. The number of thioether (sulfide) groups is 1. The molecule has 2 N–H and O–H groups in total. The molecular formula is C20H21FN4O2S. The van der Waals surface area contributed by atoms with Crippen molar-refractivity contribution >= 4 is 17.7 Å². The maximum absolute atomic E-state index is 12.9. The highest BCUT2D eigenvalue weighted by atomic mass is 32.2. The van der Waals surface area contributed by atoms with Gasteiger partial charge in [0, 0.05) is 13.1 Å². The highest BCUT2D eigenvalue weighted by Gasteiger charge is 2.11. The summed E-state index contributed by atoms with van der Waals surface area (Å²) < 4.78 is 14.4. The molecule has 0 atom stereocenters. The second kappa shape index (κ2) is 9.89. The van der Waals surface area contributed by atoms with E-state index in [1.807, 2.05) is 30.3 Å². The summed E-state index contributed by atoms with van der Waals surface area (Å²) in [6.07, 6.45) is 1.33. The van der Waals surface area contributed by atoms with Crippen LogP contribution in [0.3, 0.4) is 0 Å². The Bertz CT molecular complexity index is 954. The van der Waals surface area contributed by atoms with Gasteiger partial charge in [-0.25, -0.2) is 14.3 Å². The van der Waals surface area contributed by atoms with Crippen LogP contribution in [0.2, 0.25) is 0 Å². The van der Waals surface area contributed by atoms with Crippen molar-refractivity contribution in [3.05, 3.63) is 82.0 Å². The van der Waals surface area contributed by atoms with Gasteiger partial charge in [0.25, 0.3) is 0 Å². The number of carbonyl (C=O) groups is 1. The third kappa shape index (κ3) is 5.82. The number of aromatic amines is 1. The summed E-state index contributed by atoms with van der Waals surface area (Å²) in [6.45, 7) is 0.959. The number of H-pyrrole nitrogens is 1. The second-order valence-electron chi connectivity index (χ2n) is 6.21. The van der Waals surface area contributed by atoms with E-state index in [0.717, 1.165) is 11.1 Å². The predicted octanol–water partition coefficient (Wildman–Crippen LogP) is 2.40. The number of nitrogens with zero attached hydrogens (tertiary/aromatic N) is 2. The Hall–Kier alpha value is -2.87. The van der Waals surface area contributed by atoms with Crippen molar-refractivity contribution in [2.45, 2.75) is 24.5 Å². The van der Waals surface area contributed by atoms with Gasteiger partial charge in [0.05, 0.1) is 5.75 Å². The molecule has 0 aliphatic rings. The smallest absolute Gasteiger partial charge is 0.343 e. The van der Waals surface area contributed by atoms with E-state index in [2.05, 4.69) is 15.5 Å².